The van der Waals surface area contributed by atoms with Crippen molar-refractivity contribution >= 4 is 28.8 Å². The molecule has 0 fully saturated rings. The van der Waals surface area contributed by atoms with Crippen molar-refractivity contribution in [2.75, 3.05) is 11.9 Å². The summed E-state index contributed by atoms with van der Waals surface area (Å²) in [5, 5.41) is 5.40. The van der Waals surface area contributed by atoms with Crippen molar-refractivity contribution in [3.8, 4) is 0 Å². The van der Waals surface area contributed by atoms with Gasteiger partial charge in [-0.05, 0) is 31.0 Å². The number of aromatic nitrogens is 1. The van der Waals surface area contributed by atoms with E-state index in [9.17, 15) is 9.59 Å². The highest BCUT2D eigenvalue weighted by Crippen LogP contribution is 2.24. The maximum absolute atomic E-state index is 12.5. The summed E-state index contributed by atoms with van der Waals surface area (Å²) in [7, 11) is 0. The van der Waals surface area contributed by atoms with E-state index in [1.807, 2.05) is 27.7 Å². The number of anilines is 1. The van der Waals surface area contributed by atoms with Crippen LogP contribution in [0.1, 0.15) is 46.4 Å². The molecule has 1 aromatic heterocycles. The van der Waals surface area contributed by atoms with Crippen molar-refractivity contribution in [1.82, 2.24) is 10.3 Å². The van der Waals surface area contributed by atoms with Gasteiger partial charge in [0.25, 0.3) is 0 Å². The second-order valence-electron chi connectivity index (χ2n) is 6.47. The fourth-order valence-corrected chi connectivity index (χ4v) is 2.32. The number of rotatable bonds is 6. The molecule has 0 saturated heterocycles. The van der Waals surface area contributed by atoms with Gasteiger partial charge in [-0.15, -0.1) is 0 Å². The Morgan fingerprint density at radius 1 is 1.24 bits per heavy atom. The van der Waals surface area contributed by atoms with Crippen molar-refractivity contribution < 1.29 is 18.7 Å². The number of carbonyl (C=O) groups excluding carboxylic acids is 2. The normalized spacial score (nSPS) is 12.4. The number of benzene rings is 1. The van der Waals surface area contributed by atoms with Gasteiger partial charge in [-0.1, -0.05) is 27.7 Å². The number of carbonyl (C=O) groups is 2. The molecular formula is C18H25N3O4. The molecule has 2 rings (SSSR count). The highest BCUT2D eigenvalue weighted by atomic mass is 16.5. The Morgan fingerprint density at radius 3 is 2.56 bits per heavy atom. The highest BCUT2D eigenvalue weighted by Gasteiger charge is 2.25. The monoisotopic (exact) mass is 347 g/mol. The largest absolute Gasteiger partial charge is 0.450 e. The summed E-state index contributed by atoms with van der Waals surface area (Å²) in [5.74, 6) is 0.440. The molecule has 0 aliphatic carbocycles. The third-order valence-corrected chi connectivity index (χ3v) is 3.66. The van der Waals surface area contributed by atoms with Crippen LogP contribution in [-0.4, -0.2) is 29.6 Å². The molecule has 7 nitrogen and oxygen atoms in total. The molecule has 25 heavy (non-hydrogen) atoms. The lowest BCUT2D eigenvalue weighted by Crippen LogP contribution is -2.47. The summed E-state index contributed by atoms with van der Waals surface area (Å²) in [6.07, 6.45) is -0.607. The van der Waals surface area contributed by atoms with Gasteiger partial charge in [0.2, 0.25) is 5.91 Å². The Balaban J connectivity index is 2.14. The lowest BCUT2D eigenvalue weighted by molar-refractivity contribution is -0.119. The molecule has 0 radical (unpaired) electrons. The molecule has 1 heterocycles. The molecule has 0 aliphatic heterocycles. The summed E-state index contributed by atoms with van der Waals surface area (Å²) in [6, 6.07) is 4.58. The molecule has 0 aliphatic rings. The third-order valence-electron chi connectivity index (χ3n) is 3.66. The molecular weight excluding hydrogens is 322 g/mol. The number of ether oxygens (including phenoxy) is 1. The van der Waals surface area contributed by atoms with E-state index < -0.39 is 12.1 Å². The average Bonchev–Trinajstić information content (AvgIpc) is 2.96. The minimum absolute atomic E-state index is 0.0901. The van der Waals surface area contributed by atoms with E-state index in [-0.39, 0.29) is 24.3 Å². The number of nitrogens with zero attached hydrogens (tertiary/aromatic N) is 1. The lowest BCUT2D eigenvalue weighted by atomic mass is 10.0. The molecule has 7 heteroatoms. The summed E-state index contributed by atoms with van der Waals surface area (Å²) < 4.78 is 10.5. The predicted molar refractivity (Wildman–Crippen MR) is 95.5 cm³/mol. The SMILES string of the molecule is CCOC(=O)NC(C(=O)Nc1ccc2oc(C(C)C)nc2c1)C(C)C. The van der Waals surface area contributed by atoms with Crippen LogP contribution in [0.3, 0.4) is 0 Å². The highest BCUT2D eigenvalue weighted by molar-refractivity contribution is 5.97. The van der Waals surface area contributed by atoms with Crippen molar-refractivity contribution in [3.05, 3.63) is 24.1 Å². The van der Waals surface area contributed by atoms with Gasteiger partial charge in [0, 0.05) is 11.6 Å². The number of amides is 2. The smallest absolute Gasteiger partial charge is 0.407 e. The van der Waals surface area contributed by atoms with E-state index in [0.29, 0.717) is 22.7 Å². The number of nitrogens with one attached hydrogen (secondary N) is 2. The van der Waals surface area contributed by atoms with Crippen LogP contribution in [0.25, 0.3) is 11.1 Å². The van der Waals surface area contributed by atoms with Gasteiger partial charge in [-0.2, -0.15) is 0 Å². The van der Waals surface area contributed by atoms with Crippen LogP contribution in [0.4, 0.5) is 10.5 Å². The van der Waals surface area contributed by atoms with Crippen molar-refractivity contribution in [2.24, 2.45) is 5.92 Å². The zero-order valence-corrected chi connectivity index (χ0v) is 15.3. The fraction of sp³-hybridized carbons (Fsp3) is 0.500. The van der Waals surface area contributed by atoms with E-state index in [1.54, 1.807) is 25.1 Å². The summed E-state index contributed by atoms with van der Waals surface area (Å²) in [4.78, 5) is 28.6. The Morgan fingerprint density at radius 2 is 1.96 bits per heavy atom. The van der Waals surface area contributed by atoms with Crippen LogP contribution in [-0.2, 0) is 9.53 Å². The molecule has 1 aromatic carbocycles. The Kier molecular flexibility index (Phi) is 6.01. The zero-order chi connectivity index (χ0) is 18.6. The summed E-state index contributed by atoms with van der Waals surface area (Å²) in [5.41, 5.74) is 1.95. The fourth-order valence-electron chi connectivity index (χ4n) is 2.32. The van der Waals surface area contributed by atoms with Crippen LogP contribution in [0, 0.1) is 5.92 Å². The second kappa shape index (κ2) is 8.00. The van der Waals surface area contributed by atoms with E-state index in [0.717, 1.165) is 0 Å². The summed E-state index contributed by atoms with van der Waals surface area (Å²) in [6.45, 7) is 9.67. The van der Waals surface area contributed by atoms with Crippen LogP contribution < -0.4 is 10.6 Å². The first kappa shape index (κ1) is 18.8. The molecule has 0 saturated carbocycles. The van der Waals surface area contributed by atoms with E-state index in [2.05, 4.69) is 15.6 Å². The second-order valence-corrected chi connectivity index (χ2v) is 6.47. The van der Waals surface area contributed by atoms with Crippen molar-refractivity contribution in [2.45, 2.75) is 46.6 Å². The van der Waals surface area contributed by atoms with Gasteiger partial charge in [0.15, 0.2) is 11.5 Å². The van der Waals surface area contributed by atoms with Crippen molar-refractivity contribution in [1.29, 1.82) is 0 Å². The standard InChI is InChI=1S/C18H25N3O4/c1-6-24-18(23)21-15(10(2)3)16(22)19-12-7-8-14-13(9-12)20-17(25-14)11(4)5/h7-11,15H,6H2,1-5H3,(H,19,22)(H,21,23). The first-order chi connectivity index (χ1) is 11.8. The van der Waals surface area contributed by atoms with Crippen LogP contribution in [0.5, 0.6) is 0 Å². The van der Waals surface area contributed by atoms with Gasteiger partial charge < -0.3 is 19.8 Å². The van der Waals surface area contributed by atoms with E-state index in [4.69, 9.17) is 9.15 Å². The minimum atomic E-state index is -0.696. The molecule has 2 amide bonds. The Bertz CT molecular complexity index is 752. The number of hydrogen-bond acceptors (Lipinski definition) is 5. The summed E-state index contributed by atoms with van der Waals surface area (Å²) >= 11 is 0. The molecule has 0 bridgehead atoms. The van der Waals surface area contributed by atoms with Gasteiger partial charge in [-0.25, -0.2) is 9.78 Å². The molecule has 2 N–H and O–H groups in total. The number of oxazole rings is 1. The van der Waals surface area contributed by atoms with Gasteiger partial charge >= 0.3 is 6.09 Å². The molecule has 1 atom stereocenters. The lowest BCUT2D eigenvalue weighted by Gasteiger charge is -2.21. The van der Waals surface area contributed by atoms with Gasteiger partial charge in [0.1, 0.15) is 11.6 Å². The maximum Gasteiger partial charge on any atom is 0.407 e. The quantitative estimate of drug-likeness (QED) is 0.832. The number of alkyl carbamates (subject to hydrolysis) is 1. The first-order valence-corrected chi connectivity index (χ1v) is 8.46. The Labute approximate surface area is 147 Å². The predicted octanol–water partition coefficient (Wildman–Crippen LogP) is 3.66. The molecule has 0 spiro atoms. The topological polar surface area (TPSA) is 93.5 Å². The number of fused-ring (bicyclic) bond motifs is 1. The molecule has 2 aromatic rings. The van der Waals surface area contributed by atoms with Gasteiger partial charge in [-0.3, -0.25) is 4.79 Å². The van der Waals surface area contributed by atoms with E-state index in [1.165, 1.54) is 0 Å². The van der Waals surface area contributed by atoms with Crippen LogP contribution >= 0.6 is 0 Å². The zero-order valence-electron chi connectivity index (χ0n) is 15.3. The molecule has 136 valence electrons. The Hall–Kier alpha value is -2.57. The van der Waals surface area contributed by atoms with Gasteiger partial charge in [0.05, 0.1) is 6.61 Å². The number of hydrogen-bond donors (Lipinski definition) is 2. The van der Waals surface area contributed by atoms with Crippen molar-refractivity contribution in [3.63, 3.8) is 0 Å². The minimum Gasteiger partial charge on any atom is -0.450 e. The third kappa shape index (κ3) is 4.71. The van der Waals surface area contributed by atoms with Crippen LogP contribution in [0.2, 0.25) is 0 Å². The average molecular weight is 347 g/mol. The van der Waals surface area contributed by atoms with Crippen LogP contribution in [0.15, 0.2) is 22.6 Å². The first-order valence-electron chi connectivity index (χ1n) is 8.46. The maximum atomic E-state index is 12.5. The molecule has 1 unspecified atom stereocenters. The van der Waals surface area contributed by atoms with E-state index >= 15 is 0 Å².